The summed E-state index contributed by atoms with van der Waals surface area (Å²) in [5.41, 5.74) is 4.58. The van der Waals surface area contributed by atoms with Gasteiger partial charge in [-0.2, -0.15) is 0 Å². The lowest BCUT2D eigenvalue weighted by Crippen LogP contribution is -2.47. The van der Waals surface area contributed by atoms with Crippen LogP contribution in [0, 0.1) is 0 Å². The van der Waals surface area contributed by atoms with E-state index in [9.17, 15) is 24.0 Å². The Morgan fingerprint density at radius 2 is 1.06 bits per heavy atom. The van der Waals surface area contributed by atoms with Gasteiger partial charge in [0.25, 0.3) is 0 Å². The molecule has 0 aliphatic rings. The van der Waals surface area contributed by atoms with Gasteiger partial charge in [-0.3, -0.25) is 0 Å². The fraction of sp³-hybridized carbons (Fsp3) is 0.512. The van der Waals surface area contributed by atoms with E-state index in [1.165, 1.54) is 46.5 Å². The van der Waals surface area contributed by atoms with Gasteiger partial charge in [0.2, 0.25) is 11.8 Å². The molecule has 20 nitrogen and oxygen atoms in total. The third-order valence-corrected chi connectivity index (χ3v) is 10.3. The van der Waals surface area contributed by atoms with Crippen molar-refractivity contribution in [3.8, 4) is 33.9 Å². The zero-order chi connectivity index (χ0) is 50.1. The van der Waals surface area contributed by atoms with E-state index in [0.29, 0.717) is 37.8 Å². The average molecular weight is 1010 g/mol. The summed E-state index contributed by atoms with van der Waals surface area (Å²) in [6.45, 7) is 22.9. The normalized spacial score (nSPS) is 12.7. The Bertz CT molecular complexity index is 2510. The van der Waals surface area contributed by atoms with E-state index in [1.807, 2.05) is 0 Å². The molecule has 4 N–H and O–H groups in total. The number of rotatable bonds is 14. The highest BCUT2D eigenvalue weighted by molar-refractivity contribution is 7.80. The molecule has 5 heterocycles. The third kappa shape index (κ3) is 18.1. The van der Waals surface area contributed by atoms with Crippen LogP contribution in [0.3, 0.4) is 0 Å². The van der Waals surface area contributed by atoms with E-state index in [-0.39, 0.29) is 41.9 Å². The second kappa shape index (κ2) is 22.3. The highest BCUT2D eigenvalue weighted by Gasteiger charge is 2.32. The zero-order valence-corrected chi connectivity index (χ0v) is 42.8. The van der Waals surface area contributed by atoms with Crippen molar-refractivity contribution in [2.24, 2.45) is 5.73 Å². The van der Waals surface area contributed by atoms with Gasteiger partial charge in [0.1, 0.15) is 79.8 Å². The maximum atomic E-state index is 12.8. The standard InChI is InChI=1S/C24H30N4O7S2.C19H26N4O5S2/c1-8-32-20(29)16-12-37-19(27-16)14-10-33-18(26-14)15-11-36-17(25-15)9-13(21(30)34-23(2,3)4)28-22(31)35-24(5,6)7;1-18(2,3)27-16(24)10(23-17(25)28-19(4,5)6)7-13-21-12(9-30-13)15-22-11(8-26-15)14(20)29/h10-13H,8-9H2,1-7H3,(H,28,31);8-10H,7H2,1-6H3,(H2,20,29)(H,23,25)/t13-;10-/m00/s1. The predicted octanol–water partition coefficient (Wildman–Crippen LogP) is 8.09. The molecule has 5 aromatic heterocycles. The first-order chi connectivity index (χ1) is 31.0. The summed E-state index contributed by atoms with van der Waals surface area (Å²) in [6, 6.07) is -1.99. The second-order valence-corrected chi connectivity index (χ2v) is 21.5. The largest absolute Gasteiger partial charge is 0.461 e. The molecule has 0 aromatic carbocycles. The average Bonchev–Trinajstić information content (AvgIpc) is 4.01. The molecule has 0 fully saturated rings. The van der Waals surface area contributed by atoms with Crippen molar-refractivity contribution in [3.63, 3.8) is 0 Å². The number of thiocarbonyl (C=S) groups is 1. The number of alkyl carbamates (subject to hydrolysis) is 2. The van der Waals surface area contributed by atoms with Crippen molar-refractivity contribution in [2.75, 3.05) is 6.61 Å². The number of aromatic nitrogens is 5. The number of carbonyl (C=O) groups excluding carboxylic acids is 5. The van der Waals surface area contributed by atoms with Gasteiger partial charge < -0.3 is 48.9 Å². The van der Waals surface area contributed by atoms with Crippen molar-refractivity contribution >= 4 is 81.3 Å². The molecule has 5 aromatic rings. The fourth-order valence-corrected chi connectivity index (χ4v) is 7.53. The van der Waals surface area contributed by atoms with Gasteiger partial charge in [0, 0.05) is 29.0 Å². The van der Waals surface area contributed by atoms with E-state index < -0.39 is 64.6 Å². The van der Waals surface area contributed by atoms with Gasteiger partial charge in [-0.1, -0.05) is 12.2 Å². The van der Waals surface area contributed by atoms with Crippen LogP contribution in [-0.4, -0.2) is 101 Å². The molecule has 0 saturated carbocycles. The van der Waals surface area contributed by atoms with Crippen LogP contribution < -0.4 is 16.4 Å². The van der Waals surface area contributed by atoms with Gasteiger partial charge in [0.15, 0.2) is 5.69 Å². The summed E-state index contributed by atoms with van der Waals surface area (Å²) < 4.78 is 37.4. The lowest BCUT2D eigenvalue weighted by Gasteiger charge is -2.25. The number of nitrogens with two attached hydrogens (primary N) is 1. The number of oxazole rings is 2. The number of amides is 2. The highest BCUT2D eigenvalue weighted by atomic mass is 32.1. The molecule has 0 saturated heterocycles. The molecule has 67 heavy (non-hydrogen) atoms. The molecule has 0 unspecified atom stereocenters. The first-order valence-electron chi connectivity index (χ1n) is 20.7. The summed E-state index contributed by atoms with van der Waals surface area (Å²) in [5.74, 6) is -1.18. The van der Waals surface area contributed by atoms with Crippen LogP contribution in [0.1, 0.15) is 116 Å². The van der Waals surface area contributed by atoms with Crippen LogP contribution in [0.4, 0.5) is 9.59 Å². The van der Waals surface area contributed by atoms with Crippen LogP contribution in [0.2, 0.25) is 0 Å². The summed E-state index contributed by atoms with van der Waals surface area (Å²) >= 11 is 8.68. The molecule has 0 aliphatic heterocycles. The second-order valence-electron chi connectivity index (χ2n) is 18.3. The maximum Gasteiger partial charge on any atom is 0.408 e. The number of thiazole rings is 3. The third-order valence-electron chi connectivity index (χ3n) is 7.53. The Balaban J connectivity index is 0.000000299. The van der Waals surface area contributed by atoms with E-state index in [1.54, 1.807) is 106 Å². The first-order valence-corrected chi connectivity index (χ1v) is 23.7. The van der Waals surface area contributed by atoms with Gasteiger partial charge in [0.05, 0.1) is 16.6 Å². The molecule has 0 spiro atoms. The molecular weight excluding hydrogens is 949 g/mol. The monoisotopic (exact) mass is 1000 g/mol. The van der Waals surface area contributed by atoms with Gasteiger partial charge in [-0.15, -0.1) is 34.0 Å². The molecule has 5 rings (SSSR count). The van der Waals surface area contributed by atoms with Crippen LogP contribution in [0.25, 0.3) is 33.9 Å². The molecule has 0 radical (unpaired) electrons. The van der Waals surface area contributed by atoms with E-state index in [4.69, 9.17) is 50.5 Å². The molecule has 0 aliphatic carbocycles. The number of esters is 3. The van der Waals surface area contributed by atoms with E-state index >= 15 is 0 Å². The quantitative estimate of drug-likeness (QED) is 0.0538. The Kier molecular flexibility index (Phi) is 17.9. The van der Waals surface area contributed by atoms with Crippen molar-refractivity contribution < 1.29 is 56.5 Å². The Hall–Kier alpha value is -5.85. The van der Waals surface area contributed by atoms with Gasteiger partial charge in [-0.05, 0) is 90.0 Å². The zero-order valence-electron chi connectivity index (χ0n) is 39.5. The van der Waals surface area contributed by atoms with Crippen molar-refractivity contribution in [3.05, 3.63) is 50.1 Å². The summed E-state index contributed by atoms with van der Waals surface area (Å²) in [7, 11) is 0. The topological polar surface area (TPSA) is 272 Å². The number of nitrogens with zero attached hydrogens (tertiary/aromatic N) is 5. The summed E-state index contributed by atoms with van der Waals surface area (Å²) in [6.07, 6.45) is 1.52. The van der Waals surface area contributed by atoms with Crippen LogP contribution in [-0.2, 0) is 46.1 Å². The van der Waals surface area contributed by atoms with E-state index in [0.717, 1.165) is 0 Å². The molecule has 2 atom stereocenters. The van der Waals surface area contributed by atoms with Gasteiger partial charge in [-0.25, -0.2) is 48.9 Å². The maximum absolute atomic E-state index is 12.8. The Morgan fingerprint density at radius 3 is 1.48 bits per heavy atom. The number of hydrogen-bond donors (Lipinski definition) is 3. The number of ether oxygens (including phenoxy) is 5. The van der Waals surface area contributed by atoms with Crippen molar-refractivity contribution in [2.45, 2.75) is 137 Å². The molecule has 24 heteroatoms. The lowest BCUT2D eigenvalue weighted by atomic mass is 10.1. The molecule has 2 amide bonds. The minimum absolute atomic E-state index is 0.0851. The van der Waals surface area contributed by atoms with Gasteiger partial charge >= 0.3 is 30.1 Å². The Labute approximate surface area is 405 Å². The minimum Gasteiger partial charge on any atom is -0.461 e. The van der Waals surface area contributed by atoms with Crippen molar-refractivity contribution in [1.29, 1.82) is 0 Å². The number of carbonyl (C=O) groups is 5. The van der Waals surface area contributed by atoms with Crippen molar-refractivity contribution in [1.82, 2.24) is 35.6 Å². The van der Waals surface area contributed by atoms with Crippen LogP contribution >= 0.6 is 46.2 Å². The van der Waals surface area contributed by atoms with Crippen LogP contribution in [0.5, 0.6) is 0 Å². The Morgan fingerprint density at radius 1 is 0.612 bits per heavy atom. The SMILES string of the molecule is CC(C)(C)OC(=O)N[C@@H](Cc1nc(-c2nc(C(N)=S)co2)cs1)C(=O)OC(C)(C)C.CCOC(=O)c1csc(-c2coc(-c3csc(C[C@H](NC(=O)OC(C)(C)C)C(=O)OC(C)(C)C)n3)n2)n1. The van der Waals surface area contributed by atoms with Crippen LogP contribution in [0.15, 0.2) is 37.5 Å². The lowest BCUT2D eigenvalue weighted by molar-refractivity contribution is -0.158. The fourth-order valence-electron chi connectivity index (χ4n) is 5.07. The molecule has 0 bridgehead atoms. The summed E-state index contributed by atoms with van der Waals surface area (Å²) in [5, 5.41) is 11.8. The predicted molar refractivity (Wildman–Crippen MR) is 254 cm³/mol. The number of hydrogen-bond acceptors (Lipinski definition) is 21. The highest BCUT2D eigenvalue weighted by Crippen LogP contribution is 2.29. The first kappa shape index (κ1) is 53.8. The molecular formula is C43H56N8O12S4. The minimum atomic E-state index is -1.01. The van der Waals surface area contributed by atoms with E-state index in [2.05, 4.69) is 35.6 Å². The summed E-state index contributed by atoms with van der Waals surface area (Å²) in [4.78, 5) is 83.8. The number of nitrogens with one attached hydrogen (secondary N) is 2. The smallest absolute Gasteiger partial charge is 0.408 e. The molecule has 364 valence electrons.